The molecule has 68 heavy (non-hydrogen) atoms. The second kappa shape index (κ2) is 25.7. The number of piperazine rings is 1. The van der Waals surface area contributed by atoms with Crippen molar-refractivity contribution in [1.82, 2.24) is 36.1 Å². The fourth-order valence-corrected chi connectivity index (χ4v) is 10.2. The first-order valence-electron chi connectivity index (χ1n) is 25.0. The van der Waals surface area contributed by atoms with Gasteiger partial charge in [0.25, 0.3) is 0 Å². The number of para-hydroxylation sites is 1. The molecule has 4 atom stereocenters. The monoisotopic (exact) mass is 950 g/mol. The van der Waals surface area contributed by atoms with E-state index in [0.717, 1.165) is 119 Å². The lowest BCUT2D eigenvalue weighted by molar-refractivity contribution is -0.144. The summed E-state index contributed by atoms with van der Waals surface area (Å²) in [6, 6.07) is 23.7. The topological polar surface area (TPSA) is 145 Å². The molecule has 3 amide bonds. The van der Waals surface area contributed by atoms with Gasteiger partial charge in [0.1, 0.15) is 12.1 Å². The molecule has 0 spiro atoms. The first-order valence-corrected chi connectivity index (χ1v) is 25.9. The van der Waals surface area contributed by atoms with Crippen molar-refractivity contribution in [3.05, 3.63) is 101 Å². The van der Waals surface area contributed by atoms with E-state index in [-0.39, 0.29) is 36.7 Å². The summed E-state index contributed by atoms with van der Waals surface area (Å²) in [5, 5.41) is 23.9. The second-order valence-electron chi connectivity index (χ2n) is 20.1. The first kappa shape index (κ1) is 52.5. The minimum Gasteiger partial charge on any atom is -0.391 e. The fourth-order valence-electron chi connectivity index (χ4n) is 9.34. The molecule has 2 aliphatic heterocycles. The number of aliphatic hydroxyl groups is 1. The predicted molar refractivity (Wildman–Crippen MR) is 278 cm³/mol. The van der Waals surface area contributed by atoms with Gasteiger partial charge in [0.05, 0.1) is 28.2 Å². The van der Waals surface area contributed by atoms with Crippen LogP contribution in [0.4, 0.5) is 11.4 Å². The number of amides is 3. The maximum absolute atomic E-state index is 14.1. The molecule has 14 heteroatoms. The van der Waals surface area contributed by atoms with Crippen molar-refractivity contribution in [3.63, 3.8) is 0 Å². The van der Waals surface area contributed by atoms with E-state index < -0.39 is 23.6 Å². The Kier molecular flexibility index (Phi) is 19.8. The van der Waals surface area contributed by atoms with Crippen LogP contribution < -0.4 is 31.1 Å². The van der Waals surface area contributed by atoms with Crippen LogP contribution >= 0.6 is 11.3 Å². The van der Waals surface area contributed by atoms with Gasteiger partial charge in [0, 0.05) is 84.1 Å². The summed E-state index contributed by atoms with van der Waals surface area (Å²) in [6.07, 6.45) is 5.80. The summed E-state index contributed by atoms with van der Waals surface area (Å²) in [6.45, 7) is 18.7. The van der Waals surface area contributed by atoms with Gasteiger partial charge in [-0.05, 0) is 98.6 Å². The van der Waals surface area contributed by atoms with Crippen LogP contribution in [0.1, 0.15) is 107 Å². The number of unbranched alkanes of at least 4 members (excludes halogenated alkanes) is 4. The van der Waals surface area contributed by atoms with Crippen molar-refractivity contribution in [1.29, 1.82) is 0 Å². The third-order valence-electron chi connectivity index (χ3n) is 13.4. The van der Waals surface area contributed by atoms with Crippen molar-refractivity contribution in [2.45, 2.75) is 123 Å². The highest BCUT2D eigenvalue weighted by Gasteiger charge is 2.44. The third kappa shape index (κ3) is 15.3. The number of likely N-dealkylation sites (tertiary alicyclic amines) is 1. The molecule has 2 aliphatic rings. The average molecular weight is 950 g/mol. The molecule has 5 N–H and O–H groups in total. The van der Waals surface area contributed by atoms with Crippen molar-refractivity contribution >= 4 is 40.4 Å². The quantitative estimate of drug-likeness (QED) is 0.0455. The minimum absolute atomic E-state index is 0.0484. The summed E-state index contributed by atoms with van der Waals surface area (Å²) < 4.78 is 0. The van der Waals surface area contributed by atoms with E-state index >= 15 is 0 Å². The standard InChI is InChI=1S/C54H79N9O4S/c1-39(42-21-23-43(24-22-42)50-40(2)57-38-68-50)58-52(66)48-34-46(64)37-63(48)53(67)51(54(3,4)5)59-49(65)18-11-9-8-10-14-29-61-30-32-62(33-31-61)45-25-19-41(20-26-45)35-55-27-15-28-56-36-44-16-12-13-17-47(44)60(6)7/h12-13,16-17,19-26,38-39,46,48,51,55-56,64H,8-11,14-15,18,27-37H2,1-7H3,(H,58,66)(H,59,65)/t39-,46+,48-,51?/m0/s1. The van der Waals surface area contributed by atoms with Crippen molar-refractivity contribution in [3.8, 4) is 10.4 Å². The Morgan fingerprint density at radius 2 is 1.51 bits per heavy atom. The van der Waals surface area contributed by atoms with E-state index in [1.165, 1.54) is 27.4 Å². The molecule has 6 rings (SSSR count). The SMILES string of the molecule is Cc1ncsc1-c1ccc([C@H](C)NC(=O)[C@@H]2C[C@@H](O)CN2C(=O)C(NC(=O)CCCCCCCN2CCN(c3ccc(CNCCCNCc4ccccc4N(C)C)cc3)CC2)C(C)(C)C)cc1. The number of carbonyl (C=O) groups is 3. The maximum Gasteiger partial charge on any atom is 0.246 e. The number of nitrogens with zero attached hydrogens (tertiary/aromatic N) is 5. The lowest BCUT2D eigenvalue weighted by Gasteiger charge is -2.36. The van der Waals surface area contributed by atoms with E-state index in [4.69, 9.17) is 0 Å². The highest BCUT2D eigenvalue weighted by molar-refractivity contribution is 7.13. The first-order chi connectivity index (χ1) is 32.7. The van der Waals surface area contributed by atoms with E-state index in [9.17, 15) is 19.5 Å². The number of nitrogens with one attached hydrogen (secondary N) is 4. The van der Waals surface area contributed by atoms with Gasteiger partial charge in [-0.2, -0.15) is 0 Å². The Morgan fingerprint density at radius 1 is 0.838 bits per heavy atom. The summed E-state index contributed by atoms with van der Waals surface area (Å²) in [7, 11) is 4.18. The maximum atomic E-state index is 14.1. The van der Waals surface area contributed by atoms with Crippen LogP contribution in [0.5, 0.6) is 0 Å². The number of β-amino-alcohol motifs (C(OH)–C–C–N with tert-alkyl or cyclic N) is 1. The lowest BCUT2D eigenvalue weighted by atomic mass is 9.85. The molecule has 0 saturated carbocycles. The molecule has 1 aromatic heterocycles. The Bertz CT molecular complexity index is 2180. The predicted octanol–water partition coefficient (Wildman–Crippen LogP) is 7.29. The molecule has 0 radical (unpaired) electrons. The molecule has 2 fully saturated rings. The number of benzene rings is 3. The normalized spacial score (nSPS) is 17.5. The van der Waals surface area contributed by atoms with Gasteiger partial charge in [-0.25, -0.2) is 4.98 Å². The Morgan fingerprint density at radius 3 is 2.19 bits per heavy atom. The number of hydrogen-bond acceptors (Lipinski definition) is 11. The van der Waals surface area contributed by atoms with Crippen LogP contribution in [0.3, 0.4) is 0 Å². The van der Waals surface area contributed by atoms with E-state index in [2.05, 4.69) is 104 Å². The molecule has 0 bridgehead atoms. The molecule has 13 nitrogen and oxygen atoms in total. The highest BCUT2D eigenvalue weighted by Crippen LogP contribution is 2.30. The van der Waals surface area contributed by atoms with Gasteiger partial charge in [-0.15, -0.1) is 11.3 Å². The number of anilines is 2. The Hall–Kier alpha value is -4.86. The molecule has 2 saturated heterocycles. The number of hydrogen-bond donors (Lipinski definition) is 5. The van der Waals surface area contributed by atoms with Crippen molar-refractivity contribution < 1.29 is 19.5 Å². The van der Waals surface area contributed by atoms with Gasteiger partial charge >= 0.3 is 0 Å². The second-order valence-corrected chi connectivity index (χ2v) is 21.0. The molecule has 1 unspecified atom stereocenters. The number of aryl methyl sites for hydroxylation is 1. The number of aliphatic hydroxyl groups excluding tert-OH is 1. The van der Waals surface area contributed by atoms with E-state index in [1.807, 2.05) is 64.4 Å². The summed E-state index contributed by atoms with van der Waals surface area (Å²) in [4.78, 5) is 55.2. The third-order valence-corrected chi connectivity index (χ3v) is 14.4. The zero-order valence-corrected chi connectivity index (χ0v) is 42.7. The van der Waals surface area contributed by atoms with Crippen LogP contribution in [0.25, 0.3) is 10.4 Å². The molecule has 3 aromatic carbocycles. The van der Waals surface area contributed by atoms with Gasteiger partial charge in [-0.3, -0.25) is 19.3 Å². The molecular formula is C54H79N9O4S. The Labute approximate surface area is 410 Å². The molecule has 4 aromatic rings. The summed E-state index contributed by atoms with van der Waals surface area (Å²) >= 11 is 1.60. The van der Waals surface area contributed by atoms with Gasteiger partial charge < -0.3 is 41.1 Å². The zero-order chi connectivity index (χ0) is 48.6. The Balaban J connectivity index is 0.824. The van der Waals surface area contributed by atoms with Crippen molar-refractivity contribution in [2.75, 3.05) is 76.3 Å². The van der Waals surface area contributed by atoms with Crippen LogP contribution in [0.2, 0.25) is 0 Å². The molecule has 3 heterocycles. The molecular weight excluding hydrogens is 871 g/mol. The highest BCUT2D eigenvalue weighted by atomic mass is 32.1. The fraction of sp³-hybridized carbons (Fsp3) is 0.556. The molecule has 0 aliphatic carbocycles. The van der Waals surface area contributed by atoms with Crippen LogP contribution in [0.15, 0.2) is 78.3 Å². The zero-order valence-electron chi connectivity index (χ0n) is 41.9. The average Bonchev–Trinajstić information content (AvgIpc) is 3.95. The van der Waals surface area contributed by atoms with Crippen molar-refractivity contribution in [2.24, 2.45) is 5.41 Å². The smallest absolute Gasteiger partial charge is 0.246 e. The molecule has 370 valence electrons. The lowest BCUT2D eigenvalue weighted by Crippen LogP contribution is -2.57. The van der Waals surface area contributed by atoms with Crippen LogP contribution in [0, 0.1) is 12.3 Å². The van der Waals surface area contributed by atoms with Crippen LogP contribution in [-0.4, -0.2) is 122 Å². The van der Waals surface area contributed by atoms with E-state index in [0.29, 0.717) is 6.42 Å². The van der Waals surface area contributed by atoms with Gasteiger partial charge in [-0.1, -0.05) is 94.6 Å². The summed E-state index contributed by atoms with van der Waals surface area (Å²) in [5.74, 6) is -0.813. The number of thiazole rings is 1. The van der Waals surface area contributed by atoms with Gasteiger partial charge in [0.15, 0.2) is 0 Å². The number of rotatable bonds is 24. The van der Waals surface area contributed by atoms with Crippen LogP contribution in [-0.2, 0) is 27.5 Å². The minimum atomic E-state index is -0.831. The van der Waals surface area contributed by atoms with Gasteiger partial charge in [0.2, 0.25) is 17.7 Å². The summed E-state index contributed by atoms with van der Waals surface area (Å²) in [5.41, 5.74) is 9.43. The van der Waals surface area contributed by atoms with E-state index in [1.54, 1.807) is 11.3 Å². The number of carbonyl (C=O) groups excluding carboxylic acids is 3. The number of aromatic nitrogens is 1. The largest absolute Gasteiger partial charge is 0.391 e.